The van der Waals surface area contributed by atoms with Crippen LogP contribution in [0.1, 0.15) is 43.4 Å². The summed E-state index contributed by atoms with van der Waals surface area (Å²) in [4.78, 5) is 20.3. The molecule has 3 aromatic rings. The number of anilines is 2. The molecule has 8 nitrogen and oxygen atoms in total. The zero-order valence-electron chi connectivity index (χ0n) is 29.1. The Morgan fingerprint density at radius 3 is 1.84 bits per heavy atom. The molecule has 5 rings (SSSR count). The van der Waals surface area contributed by atoms with Crippen molar-refractivity contribution in [3.05, 3.63) is 83.2 Å². The van der Waals surface area contributed by atoms with E-state index in [1.807, 2.05) is 0 Å². The Kier molecular flexibility index (Phi) is 15.1. The molecule has 4 heterocycles. The lowest BCUT2D eigenvalue weighted by molar-refractivity contribution is -0.138. The van der Waals surface area contributed by atoms with Gasteiger partial charge >= 0.3 is 18.4 Å². The van der Waals surface area contributed by atoms with Crippen molar-refractivity contribution in [2.75, 3.05) is 36.8 Å². The molecular formula is C34H37BrF12N6O2. The first-order chi connectivity index (χ1) is 25.0. The molecule has 2 saturated heterocycles. The molecule has 0 saturated carbocycles. The number of aromatic nitrogens is 2. The van der Waals surface area contributed by atoms with Crippen LogP contribution in [0, 0.1) is 23.5 Å². The second-order valence-electron chi connectivity index (χ2n) is 13.2. The average Bonchev–Trinajstić information content (AvgIpc) is 3.06. The second-order valence-corrected chi connectivity index (χ2v) is 13.2. The highest BCUT2D eigenvalue weighted by molar-refractivity contribution is 8.93. The van der Waals surface area contributed by atoms with E-state index in [0.29, 0.717) is 30.1 Å². The van der Waals surface area contributed by atoms with Crippen LogP contribution in [-0.4, -0.2) is 71.1 Å². The Balaban J connectivity index is 0.000000310. The summed E-state index contributed by atoms with van der Waals surface area (Å²) < 4.78 is 163. The fourth-order valence-electron chi connectivity index (χ4n) is 5.95. The molecule has 2 aromatic heterocycles. The molecule has 2 fully saturated rings. The number of nitrogens with zero attached hydrogens (tertiary/aromatic N) is 3. The highest BCUT2D eigenvalue weighted by Gasteiger charge is 2.47. The van der Waals surface area contributed by atoms with E-state index in [1.54, 1.807) is 37.3 Å². The van der Waals surface area contributed by atoms with E-state index >= 15 is 0 Å². The molecule has 1 amide bonds. The van der Waals surface area contributed by atoms with Gasteiger partial charge in [0.1, 0.15) is 6.61 Å². The Bertz CT molecular complexity index is 1720. The van der Waals surface area contributed by atoms with Crippen molar-refractivity contribution in [1.29, 1.82) is 0 Å². The molecule has 0 radical (unpaired) electrons. The van der Waals surface area contributed by atoms with Crippen molar-refractivity contribution in [3.63, 3.8) is 0 Å². The van der Waals surface area contributed by atoms with Crippen molar-refractivity contribution >= 4 is 34.7 Å². The van der Waals surface area contributed by atoms with Crippen LogP contribution < -0.4 is 16.0 Å². The fourth-order valence-corrected chi connectivity index (χ4v) is 5.95. The largest absolute Gasteiger partial charge is 0.445 e. The van der Waals surface area contributed by atoms with Crippen LogP contribution in [0.2, 0.25) is 0 Å². The van der Waals surface area contributed by atoms with E-state index in [9.17, 15) is 57.5 Å². The average molecular weight is 870 g/mol. The number of rotatable bonds is 8. The minimum Gasteiger partial charge on any atom is -0.445 e. The monoisotopic (exact) mass is 868 g/mol. The molecule has 2 aliphatic heterocycles. The number of hydrogen-bond acceptors (Lipinski definition) is 7. The zero-order valence-corrected chi connectivity index (χ0v) is 30.8. The molecule has 0 bridgehead atoms. The quantitative estimate of drug-likeness (QED) is 0.195. The molecule has 0 unspecified atom stereocenters. The number of nitrogens with one attached hydrogen (secondary N) is 3. The van der Waals surface area contributed by atoms with Gasteiger partial charge in [-0.05, 0) is 29.5 Å². The minimum absolute atomic E-state index is 0. The second kappa shape index (κ2) is 18.3. The number of piperidine rings is 2. The van der Waals surface area contributed by atoms with Crippen molar-refractivity contribution in [1.82, 2.24) is 20.2 Å². The summed E-state index contributed by atoms with van der Waals surface area (Å²) >= 11 is 0. The summed E-state index contributed by atoms with van der Waals surface area (Å²) in [5, 5.41) is 7.73. The standard InChI is InChI=1S/C21H21F6N3O2.C13H15F6N3.BrH/c1-13-8-20(23,24)12-30(19(31)32-11-14-5-3-2-4-6-14)17(13)10-29-18-16(22)7-15(9-28-18)21(25,26)27;1-7-3-12(15,16)6-22-10(7)5-21-11-9(14)2-8(4-20-11)13(17,18)19;/h2-7,9,13,17H,8,10-12H2,1H3,(H,28,29);2,4,7,10,22H,3,5-6H2,1H3,(H,20,21);1H/t13-,17-;7-,10-;/m11./s1. The van der Waals surface area contributed by atoms with Crippen LogP contribution in [0.25, 0.3) is 0 Å². The predicted octanol–water partition coefficient (Wildman–Crippen LogP) is 9.20. The fraction of sp³-hybridized carbons (Fsp3) is 0.500. The van der Waals surface area contributed by atoms with Gasteiger partial charge in [0.25, 0.3) is 11.8 Å². The zero-order chi connectivity index (χ0) is 40.1. The Labute approximate surface area is 318 Å². The summed E-state index contributed by atoms with van der Waals surface area (Å²) in [5.74, 6) is -10.2. The minimum atomic E-state index is -4.75. The molecule has 3 N–H and O–H groups in total. The number of pyridine rings is 2. The third kappa shape index (κ3) is 13.0. The molecule has 21 heteroatoms. The summed E-state index contributed by atoms with van der Waals surface area (Å²) in [5.41, 5.74) is -1.76. The van der Waals surface area contributed by atoms with Gasteiger partial charge < -0.3 is 20.7 Å². The van der Waals surface area contributed by atoms with E-state index in [0.717, 1.165) is 4.90 Å². The lowest BCUT2D eigenvalue weighted by Gasteiger charge is -2.42. The van der Waals surface area contributed by atoms with Gasteiger partial charge in [-0.3, -0.25) is 4.90 Å². The lowest BCUT2D eigenvalue weighted by atomic mass is 9.88. The third-order valence-corrected chi connectivity index (χ3v) is 8.75. The lowest BCUT2D eigenvalue weighted by Crippen LogP contribution is -2.57. The topological polar surface area (TPSA) is 91.4 Å². The number of halogens is 13. The molecule has 0 spiro atoms. The van der Waals surface area contributed by atoms with Crippen LogP contribution in [0.4, 0.5) is 69.1 Å². The number of carbonyl (C=O) groups is 1. The normalized spacial score (nSPS) is 22.0. The number of likely N-dealkylation sites (tertiary alicyclic amines) is 1. The molecule has 306 valence electrons. The highest BCUT2D eigenvalue weighted by atomic mass is 79.9. The summed E-state index contributed by atoms with van der Waals surface area (Å²) in [6.07, 6.45) is -10.2. The van der Waals surface area contributed by atoms with Gasteiger partial charge in [-0.2, -0.15) is 26.3 Å². The van der Waals surface area contributed by atoms with Gasteiger partial charge in [0.05, 0.1) is 30.3 Å². The Morgan fingerprint density at radius 1 is 0.836 bits per heavy atom. The maximum absolute atomic E-state index is 14.1. The van der Waals surface area contributed by atoms with Gasteiger partial charge in [-0.25, -0.2) is 41.1 Å². The predicted molar refractivity (Wildman–Crippen MR) is 182 cm³/mol. The smallest absolute Gasteiger partial charge is 0.417 e. The van der Waals surface area contributed by atoms with Crippen molar-refractivity contribution < 1.29 is 62.2 Å². The van der Waals surface area contributed by atoms with Gasteiger partial charge in [0, 0.05) is 44.4 Å². The van der Waals surface area contributed by atoms with Crippen molar-refractivity contribution in [2.24, 2.45) is 11.8 Å². The van der Waals surface area contributed by atoms with Crippen LogP contribution in [0.15, 0.2) is 54.9 Å². The Hall–Kier alpha value is -4.01. The molecule has 4 atom stereocenters. The summed E-state index contributed by atoms with van der Waals surface area (Å²) in [6.45, 7) is 1.54. The summed E-state index contributed by atoms with van der Waals surface area (Å²) in [6, 6.07) is 8.13. The summed E-state index contributed by atoms with van der Waals surface area (Å²) in [7, 11) is 0. The third-order valence-electron chi connectivity index (χ3n) is 8.75. The van der Waals surface area contributed by atoms with Gasteiger partial charge in [-0.15, -0.1) is 17.0 Å². The van der Waals surface area contributed by atoms with E-state index < -0.39 is 90.3 Å². The van der Waals surface area contributed by atoms with Crippen molar-refractivity contribution in [3.8, 4) is 0 Å². The van der Waals surface area contributed by atoms with Crippen LogP contribution >= 0.6 is 17.0 Å². The number of carbonyl (C=O) groups excluding carboxylic acids is 1. The Morgan fingerprint density at radius 2 is 1.35 bits per heavy atom. The number of ether oxygens (including phenoxy) is 1. The first-order valence-electron chi connectivity index (χ1n) is 16.4. The van der Waals surface area contributed by atoms with Crippen LogP contribution in [0.3, 0.4) is 0 Å². The van der Waals surface area contributed by atoms with Crippen LogP contribution in [-0.2, 0) is 23.7 Å². The molecule has 55 heavy (non-hydrogen) atoms. The number of benzene rings is 1. The van der Waals surface area contributed by atoms with Gasteiger partial charge in [0.15, 0.2) is 23.3 Å². The SMILES string of the molecule is Br.C[C@@H]1CC(F)(F)CN(C(=O)OCc2ccccc2)[C@@H]1CNc1ncc(C(F)(F)F)cc1F.C[C@@H]1CC(F)(F)CN[C@@H]1CNc1ncc(C(F)(F)F)cc1F. The van der Waals surface area contributed by atoms with E-state index in [1.165, 1.54) is 6.92 Å². The van der Waals surface area contributed by atoms with Crippen molar-refractivity contribution in [2.45, 2.75) is 69.6 Å². The van der Waals surface area contributed by atoms with E-state index in [-0.39, 0.29) is 60.9 Å². The maximum atomic E-state index is 14.1. The van der Waals surface area contributed by atoms with Gasteiger partial charge in [-0.1, -0.05) is 44.2 Å². The highest BCUT2D eigenvalue weighted by Crippen LogP contribution is 2.36. The van der Waals surface area contributed by atoms with Gasteiger partial charge in [0.2, 0.25) is 0 Å². The van der Waals surface area contributed by atoms with Crippen LogP contribution in [0.5, 0.6) is 0 Å². The van der Waals surface area contributed by atoms with E-state index in [2.05, 4.69) is 25.9 Å². The number of hydrogen-bond donors (Lipinski definition) is 3. The first-order valence-corrected chi connectivity index (χ1v) is 16.4. The molecule has 2 aliphatic rings. The molecular weight excluding hydrogens is 832 g/mol. The maximum Gasteiger partial charge on any atom is 0.417 e. The van der Waals surface area contributed by atoms with E-state index in [4.69, 9.17) is 4.74 Å². The number of amides is 1. The first kappa shape index (κ1) is 45.4. The number of alkyl halides is 10. The molecule has 1 aromatic carbocycles. The molecule has 0 aliphatic carbocycles.